The number of carboxylic acid groups (broad SMARTS) is 1. The molecule has 0 fully saturated rings. The first-order valence-corrected chi connectivity index (χ1v) is 7.81. The molecule has 7 heteroatoms. The number of halogens is 2. The first-order chi connectivity index (χ1) is 12.0. The summed E-state index contributed by atoms with van der Waals surface area (Å²) < 4.78 is 14.9. The van der Waals surface area contributed by atoms with Crippen molar-refractivity contribution < 1.29 is 19.4 Å². The second-order valence-corrected chi connectivity index (χ2v) is 5.87. The fraction of sp³-hybridized carbons (Fsp3) is 0.111. The molecule has 0 bridgehead atoms. The van der Waals surface area contributed by atoms with Crippen LogP contribution in [-0.2, 0) is 17.9 Å². The number of carbonyl (C=O) groups is 1. The van der Waals surface area contributed by atoms with Crippen LogP contribution >= 0.6 is 11.6 Å². The van der Waals surface area contributed by atoms with Gasteiger partial charge in [0.1, 0.15) is 5.82 Å². The van der Waals surface area contributed by atoms with E-state index in [-0.39, 0.29) is 18.2 Å². The Morgan fingerprint density at radius 3 is 2.76 bits per heavy atom. The van der Waals surface area contributed by atoms with Crippen molar-refractivity contribution in [2.45, 2.75) is 13.2 Å². The quantitative estimate of drug-likeness (QED) is 0.683. The Labute approximate surface area is 147 Å². The van der Waals surface area contributed by atoms with Crippen LogP contribution in [0.5, 0.6) is 0 Å². The van der Waals surface area contributed by atoms with E-state index >= 15 is 0 Å². The minimum absolute atomic E-state index is 0.126. The van der Waals surface area contributed by atoms with Crippen molar-refractivity contribution in [3.8, 4) is 0 Å². The van der Waals surface area contributed by atoms with E-state index in [4.69, 9.17) is 16.7 Å². The van der Waals surface area contributed by atoms with Gasteiger partial charge in [0.25, 0.3) is 0 Å². The van der Waals surface area contributed by atoms with Crippen LogP contribution < -0.4 is 0 Å². The van der Waals surface area contributed by atoms with Gasteiger partial charge < -0.3 is 10.2 Å². The number of hydrogen-bond acceptors (Lipinski definition) is 3. The molecular formula is C18H14ClFN2O3. The molecule has 3 rings (SSSR count). The number of benzene rings is 2. The smallest absolute Gasteiger partial charge is 0.328 e. The lowest BCUT2D eigenvalue weighted by atomic mass is 10.1. The molecule has 0 amide bonds. The third kappa shape index (κ3) is 3.70. The van der Waals surface area contributed by atoms with Gasteiger partial charge >= 0.3 is 5.97 Å². The number of nitrogens with zero attached hydrogens (tertiary/aromatic N) is 2. The molecule has 25 heavy (non-hydrogen) atoms. The van der Waals surface area contributed by atoms with E-state index in [1.807, 2.05) is 0 Å². The number of aromatic nitrogens is 2. The first-order valence-electron chi connectivity index (χ1n) is 7.43. The van der Waals surface area contributed by atoms with Crippen molar-refractivity contribution in [1.29, 1.82) is 0 Å². The number of rotatable bonds is 5. The van der Waals surface area contributed by atoms with E-state index in [0.717, 1.165) is 17.0 Å². The van der Waals surface area contributed by atoms with Crippen LogP contribution in [0.3, 0.4) is 0 Å². The van der Waals surface area contributed by atoms with Gasteiger partial charge in [0.2, 0.25) is 0 Å². The summed E-state index contributed by atoms with van der Waals surface area (Å²) in [6.45, 7) is 0.157. The molecule has 0 saturated carbocycles. The Morgan fingerprint density at radius 2 is 2.08 bits per heavy atom. The monoisotopic (exact) mass is 360 g/mol. The highest BCUT2D eigenvalue weighted by Crippen LogP contribution is 2.25. The molecule has 2 N–H and O–H groups in total. The number of carboxylic acids is 1. The molecule has 5 nitrogen and oxygen atoms in total. The Bertz CT molecular complexity index is 982. The van der Waals surface area contributed by atoms with Gasteiger partial charge in [0.15, 0.2) is 0 Å². The number of aliphatic hydroxyl groups is 1. The van der Waals surface area contributed by atoms with E-state index in [9.17, 15) is 14.3 Å². The molecule has 0 radical (unpaired) electrons. The summed E-state index contributed by atoms with van der Waals surface area (Å²) in [5.41, 5.74) is 2.58. The molecular weight excluding hydrogens is 347 g/mol. The van der Waals surface area contributed by atoms with Crippen LogP contribution in [0.15, 0.2) is 42.5 Å². The van der Waals surface area contributed by atoms with Gasteiger partial charge in [0, 0.05) is 16.5 Å². The zero-order chi connectivity index (χ0) is 18.0. The highest BCUT2D eigenvalue weighted by atomic mass is 35.5. The van der Waals surface area contributed by atoms with Gasteiger partial charge in [-0.25, -0.2) is 9.18 Å². The standard InChI is InChI=1S/C18H14ClFN2O3/c19-15-8-13(20)3-2-12(15)9-22-17-7-11(10-23)1-4-14(17)16(21-22)5-6-18(24)25/h1-8,23H,9-10H2,(H,24,25). The second-order valence-electron chi connectivity index (χ2n) is 5.46. The number of fused-ring (bicyclic) bond motifs is 1. The van der Waals surface area contributed by atoms with Crippen molar-refractivity contribution in [1.82, 2.24) is 9.78 Å². The summed E-state index contributed by atoms with van der Waals surface area (Å²) in [6, 6.07) is 9.42. The molecule has 0 aliphatic rings. The minimum Gasteiger partial charge on any atom is -0.478 e. The molecule has 0 unspecified atom stereocenters. The summed E-state index contributed by atoms with van der Waals surface area (Å²) in [7, 11) is 0. The fourth-order valence-electron chi connectivity index (χ4n) is 2.55. The third-order valence-corrected chi connectivity index (χ3v) is 4.10. The van der Waals surface area contributed by atoms with Gasteiger partial charge in [-0.3, -0.25) is 4.68 Å². The largest absolute Gasteiger partial charge is 0.478 e. The second kappa shape index (κ2) is 7.04. The summed E-state index contributed by atoms with van der Waals surface area (Å²) >= 11 is 6.09. The lowest BCUT2D eigenvalue weighted by molar-refractivity contribution is -0.131. The Balaban J connectivity index is 2.10. The minimum atomic E-state index is -1.07. The summed E-state index contributed by atoms with van der Waals surface area (Å²) in [5.74, 6) is -1.50. The first kappa shape index (κ1) is 17.1. The molecule has 1 aromatic heterocycles. The third-order valence-electron chi connectivity index (χ3n) is 3.75. The van der Waals surface area contributed by atoms with Gasteiger partial charge in [-0.1, -0.05) is 29.8 Å². The van der Waals surface area contributed by atoms with Gasteiger partial charge in [-0.2, -0.15) is 5.10 Å². The SMILES string of the molecule is O=C(O)C=Cc1nn(Cc2ccc(F)cc2Cl)c2cc(CO)ccc12. The number of aliphatic carboxylic acids is 1. The molecule has 3 aromatic rings. The normalized spacial score (nSPS) is 11.5. The van der Waals surface area contributed by atoms with Crippen molar-refractivity contribution in [2.75, 3.05) is 0 Å². The maximum Gasteiger partial charge on any atom is 0.328 e. The van der Waals surface area contributed by atoms with Gasteiger partial charge in [0.05, 0.1) is 24.4 Å². The molecule has 128 valence electrons. The van der Waals surface area contributed by atoms with Crippen LogP contribution in [0, 0.1) is 5.82 Å². The zero-order valence-corrected chi connectivity index (χ0v) is 13.7. The lowest BCUT2D eigenvalue weighted by Crippen LogP contribution is -2.03. The van der Waals surface area contributed by atoms with Crippen LogP contribution in [-0.4, -0.2) is 26.0 Å². The fourth-order valence-corrected chi connectivity index (χ4v) is 2.78. The lowest BCUT2D eigenvalue weighted by Gasteiger charge is -2.07. The van der Waals surface area contributed by atoms with Crippen LogP contribution in [0.4, 0.5) is 4.39 Å². The van der Waals surface area contributed by atoms with Crippen molar-refractivity contribution >= 4 is 34.5 Å². The Hall–Kier alpha value is -2.70. The van der Waals surface area contributed by atoms with Crippen molar-refractivity contribution in [3.63, 3.8) is 0 Å². The number of aliphatic hydroxyl groups excluding tert-OH is 1. The molecule has 0 atom stereocenters. The summed E-state index contributed by atoms with van der Waals surface area (Å²) in [6.07, 6.45) is 2.42. The molecule has 0 spiro atoms. The maximum atomic E-state index is 13.2. The van der Waals surface area contributed by atoms with Crippen LogP contribution in [0.25, 0.3) is 17.0 Å². The maximum absolute atomic E-state index is 13.2. The molecule has 0 saturated heterocycles. The van der Waals surface area contributed by atoms with Crippen LogP contribution in [0.1, 0.15) is 16.8 Å². The van der Waals surface area contributed by atoms with Gasteiger partial charge in [-0.05, 0) is 35.4 Å². The van der Waals surface area contributed by atoms with Crippen molar-refractivity contribution in [3.05, 3.63) is 70.1 Å². The predicted octanol–water partition coefficient (Wildman–Crippen LogP) is 3.47. The van der Waals surface area contributed by atoms with E-state index in [1.165, 1.54) is 18.2 Å². The molecule has 0 aliphatic heterocycles. The highest BCUT2D eigenvalue weighted by Gasteiger charge is 2.12. The average molecular weight is 361 g/mol. The topological polar surface area (TPSA) is 75.3 Å². The average Bonchev–Trinajstić information content (AvgIpc) is 2.92. The van der Waals surface area contributed by atoms with Crippen LogP contribution in [0.2, 0.25) is 5.02 Å². The van der Waals surface area contributed by atoms with E-state index < -0.39 is 11.8 Å². The van der Waals surface area contributed by atoms with Gasteiger partial charge in [-0.15, -0.1) is 0 Å². The van der Waals surface area contributed by atoms with E-state index in [0.29, 0.717) is 16.8 Å². The van der Waals surface area contributed by atoms with Crippen molar-refractivity contribution in [2.24, 2.45) is 0 Å². The predicted molar refractivity (Wildman–Crippen MR) is 92.8 cm³/mol. The summed E-state index contributed by atoms with van der Waals surface area (Å²) in [4.78, 5) is 10.8. The number of hydrogen-bond donors (Lipinski definition) is 2. The molecule has 0 aliphatic carbocycles. The highest BCUT2D eigenvalue weighted by molar-refractivity contribution is 6.31. The molecule has 2 aromatic carbocycles. The zero-order valence-electron chi connectivity index (χ0n) is 13.0. The van der Waals surface area contributed by atoms with E-state index in [1.54, 1.807) is 28.9 Å². The molecule has 1 heterocycles. The van der Waals surface area contributed by atoms with E-state index in [2.05, 4.69) is 5.10 Å². The summed E-state index contributed by atoms with van der Waals surface area (Å²) in [5, 5.41) is 23.6. The Kier molecular flexibility index (Phi) is 4.83. The Morgan fingerprint density at radius 1 is 1.28 bits per heavy atom.